The number of hydrogen-bond donors (Lipinski definition) is 2. The first kappa shape index (κ1) is 14.8. The lowest BCUT2D eigenvalue weighted by atomic mass is 9.94. The zero-order valence-corrected chi connectivity index (χ0v) is 12.0. The van der Waals surface area contributed by atoms with E-state index >= 15 is 0 Å². The van der Waals surface area contributed by atoms with E-state index in [0.717, 1.165) is 51.6 Å². The lowest BCUT2D eigenvalue weighted by Crippen LogP contribution is -2.46. The third-order valence-electron chi connectivity index (χ3n) is 4.47. The Hall–Kier alpha value is -0.610. The number of piperidine rings is 1. The highest BCUT2D eigenvalue weighted by Crippen LogP contribution is 2.26. The number of amides is 1. The van der Waals surface area contributed by atoms with Crippen molar-refractivity contribution in [2.45, 2.75) is 63.4 Å². The van der Waals surface area contributed by atoms with E-state index < -0.39 is 5.60 Å². The van der Waals surface area contributed by atoms with Crippen LogP contribution in [-0.4, -0.2) is 47.7 Å². The molecule has 0 aromatic carbocycles. The van der Waals surface area contributed by atoms with Crippen LogP contribution in [0.2, 0.25) is 0 Å². The summed E-state index contributed by atoms with van der Waals surface area (Å²) < 4.78 is 0. The molecule has 1 heterocycles. The number of carbonyl (C=O) groups is 1. The average molecular weight is 268 g/mol. The summed E-state index contributed by atoms with van der Waals surface area (Å²) >= 11 is 0. The monoisotopic (exact) mass is 268 g/mol. The molecule has 0 aromatic heterocycles. The van der Waals surface area contributed by atoms with Crippen molar-refractivity contribution in [1.82, 2.24) is 10.2 Å². The number of nitrogens with one attached hydrogen (secondary N) is 1. The Morgan fingerprint density at radius 2 is 1.58 bits per heavy atom. The fraction of sp³-hybridized carbons (Fsp3) is 0.933. The van der Waals surface area contributed by atoms with Crippen LogP contribution in [0.4, 0.5) is 0 Å². The molecule has 0 spiro atoms. The smallest absolute Gasteiger partial charge is 0.236 e. The van der Waals surface area contributed by atoms with Gasteiger partial charge in [-0.2, -0.15) is 0 Å². The molecule has 4 nitrogen and oxygen atoms in total. The van der Waals surface area contributed by atoms with Gasteiger partial charge in [0.1, 0.15) is 0 Å². The fourth-order valence-corrected chi connectivity index (χ4v) is 3.22. The first-order valence-electron chi connectivity index (χ1n) is 7.91. The predicted molar refractivity (Wildman–Crippen MR) is 76.0 cm³/mol. The van der Waals surface area contributed by atoms with E-state index in [4.69, 9.17) is 0 Å². The molecule has 2 N–H and O–H groups in total. The molecule has 1 amide bonds. The molecule has 1 saturated carbocycles. The molecule has 0 unspecified atom stereocenters. The van der Waals surface area contributed by atoms with Crippen molar-refractivity contribution in [1.29, 1.82) is 0 Å². The summed E-state index contributed by atoms with van der Waals surface area (Å²) in [5, 5.41) is 13.7. The van der Waals surface area contributed by atoms with Gasteiger partial charge in [-0.05, 0) is 32.1 Å². The van der Waals surface area contributed by atoms with Crippen LogP contribution in [0.1, 0.15) is 57.8 Å². The minimum Gasteiger partial charge on any atom is -0.389 e. The molecule has 1 aliphatic heterocycles. The van der Waals surface area contributed by atoms with Gasteiger partial charge in [0.2, 0.25) is 5.91 Å². The van der Waals surface area contributed by atoms with Crippen LogP contribution in [0.5, 0.6) is 0 Å². The van der Waals surface area contributed by atoms with Gasteiger partial charge in [0.25, 0.3) is 0 Å². The topological polar surface area (TPSA) is 52.6 Å². The molecule has 1 saturated heterocycles. The molecule has 19 heavy (non-hydrogen) atoms. The Balaban J connectivity index is 1.68. The summed E-state index contributed by atoms with van der Waals surface area (Å²) in [5.41, 5.74) is -0.585. The van der Waals surface area contributed by atoms with Gasteiger partial charge in [0, 0.05) is 19.6 Å². The molecule has 0 radical (unpaired) electrons. The van der Waals surface area contributed by atoms with Crippen molar-refractivity contribution in [3.8, 4) is 0 Å². The third-order valence-corrected chi connectivity index (χ3v) is 4.47. The highest BCUT2D eigenvalue weighted by Gasteiger charge is 2.27. The van der Waals surface area contributed by atoms with Gasteiger partial charge < -0.3 is 15.3 Å². The van der Waals surface area contributed by atoms with Crippen LogP contribution in [0, 0.1) is 0 Å². The lowest BCUT2D eigenvalue weighted by molar-refractivity contribution is -0.131. The van der Waals surface area contributed by atoms with Gasteiger partial charge in [-0.25, -0.2) is 0 Å². The maximum Gasteiger partial charge on any atom is 0.236 e. The number of aliphatic hydroxyl groups is 1. The van der Waals surface area contributed by atoms with Crippen LogP contribution >= 0.6 is 0 Å². The van der Waals surface area contributed by atoms with Crippen LogP contribution in [0.25, 0.3) is 0 Å². The van der Waals surface area contributed by atoms with Gasteiger partial charge >= 0.3 is 0 Å². The largest absolute Gasteiger partial charge is 0.389 e. The lowest BCUT2D eigenvalue weighted by Gasteiger charge is -2.29. The van der Waals surface area contributed by atoms with Crippen LogP contribution < -0.4 is 5.32 Å². The number of nitrogens with zero attached hydrogens (tertiary/aromatic N) is 1. The molecule has 0 bridgehead atoms. The summed E-state index contributed by atoms with van der Waals surface area (Å²) in [6.07, 6.45) is 9.94. The van der Waals surface area contributed by atoms with Gasteiger partial charge in [-0.15, -0.1) is 0 Å². The van der Waals surface area contributed by atoms with Crippen LogP contribution in [-0.2, 0) is 4.79 Å². The van der Waals surface area contributed by atoms with Gasteiger partial charge in [0.05, 0.1) is 12.1 Å². The quantitative estimate of drug-likeness (QED) is 0.763. The van der Waals surface area contributed by atoms with Crippen molar-refractivity contribution in [2.75, 3.05) is 26.2 Å². The second-order valence-electron chi connectivity index (χ2n) is 6.18. The second-order valence-corrected chi connectivity index (χ2v) is 6.18. The first-order chi connectivity index (χ1) is 9.20. The molecule has 2 fully saturated rings. The summed E-state index contributed by atoms with van der Waals surface area (Å²) in [6, 6.07) is 0. The first-order valence-corrected chi connectivity index (χ1v) is 7.91. The summed E-state index contributed by atoms with van der Waals surface area (Å²) in [5.74, 6) is 0.192. The van der Waals surface area contributed by atoms with E-state index in [0.29, 0.717) is 13.1 Å². The van der Waals surface area contributed by atoms with Gasteiger partial charge in [0.15, 0.2) is 0 Å². The van der Waals surface area contributed by atoms with Crippen molar-refractivity contribution < 1.29 is 9.90 Å². The van der Waals surface area contributed by atoms with E-state index in [1.807, 2.05) is 4.90 Å². The third kappa shape index (κ3) is 4.77. The number of likely N-dealkylation sites (tertiary alicyclic amines) is 1. The summed E-state index contributed by atoms with van der Waals surface area (Å²) in [4.78, 5) is 13.9. The summed E-state index contributed by atoms with van der Waals surface area (Å²) in [7, 11) is 0. The number of hydrogen-bond acceptors (Lipinski definition) is 3. The van der Waals surface area contributed by atoms with Crippen molar-refractivity contribution in [3.63, 3.8) is 0 Å². The molecule has 4 heteroatoms. The molecule has 2 aliphatic rings. The highest BCUT2D eigenvalue weighted by atomic mass is 16.3. The van der Waals surface area contributed by atoms with E-state index in [9.17, 15) is 9.90 Å². The van der Waals surface area contributed by atoms with E-state index in [2.05, 4.69) is 5.32 Å². The van der Waals surface area contributed by atoms with Gasteiger partial charge in [-0.1, -0.05) is 25.7 Å². The second kappa shape index (κ2) is 7.25. The van der Waals surface area contributed by atoms with Crippen molar-refractivity contribution in [3.05, 3.63) is 0 Å². The average Bonchev–Trinajstić information content (AvgIpc) is 2.65. The molecule has 0 atom stereocenters. The maximum atomic E-state index is 12.0. The Morgan fingerprint density at radius 1 is 1.00 bits per heavy atom. The Labute approximate surface area is 116 Å². The molecule has 2 rings (SSSR count). The zero-order chi connectivity index (χ0) is 13.6. The minimum absolute atomic E-state index is 0.192. The van der Waals surface area contributed by atoms with E-state index in [-0.39, 0.29) is 5.91 Å². The molecule has 110 valence electrons. The summed E-state index contributed by atoms with van der Waals surface area (Å²) in [6.45, 7) is 2.75. The van der Waals surface area contributed by atoms with Crippen LogP contribution in [0.15, 0.2) is 0 Å². The van der Waals surface area contributed by atoms with Crippen molar-refractivity contribution in [2.24, 2.45) is 0 Å². The maximum absolute atomic E-state index is 12.0. The highest BCUT2D eigenvalue weighted by molar-refractivity contribution is 5.78. The predicted octanol–water partition coefficient (Wildman–Crippen LogP) is 1.67. The molecular formula is C15H28N2O2. The molecular weight excluding hydrogens is 240 g/mol. The van der Waals surface area contributed by atoms with Crippen LogP contribution in [0.3, 0.4) is 0 Å². The van der Waals surface area contributed by atoms with E-state index in [1.54, 1.807) is 0 Å². The number of carbonyl (C=O) groups excluding carboxylic acids is 1. The van der Waals surface area contributed by atoms with E-state index in [1.165, 1.54) is 19.3 Å². The Morgan fingerprint density at radius 3 is 2.21 bits per heavy atom. The minimum atomic E-state index is -0.585. The van der Waals surface area contributed by atoms with Crippen molar-refractivity contribution >= 4 is 5.91 Å². The normalized spacial score (nSPS) is 23.9. The fourth-order valence-electron chi connectivity index (χ4n) is 3.22. The Kier molecular flexibility index (Phi) is 5.64. The zero-order valence-electron chi connectivity index (χ0n) is 12.0. The SMILES string of the molecule is O=C(CNCC1(O)CCCCCC1)N1CCCCC1. The van der Waals surface area contributed by atoms with Gasteiger partial charge in [-0.3, -0.25) is 4.79 Å². The Bertz CT molecular complexity index is 280. The molecule has 1 aliphatic carbocycles. The molecule has 0 aromatic rings. The number of rotatable bonds is 4. The standard InChI is InChI=1S/C15H28N2O2/c18-14(17-10-6-3-7-11-17)12-16-13-15(19)8-4-1-2-5-9-15/h16,19H,1-13H2.